The summed E-state index contributed by atoms with van der Waals surface area (Å²) < 4.78 is 0. The van der Waals surface area contributed by atoms with Gasteiger partial charge in [-0.1, -0.05) is 42.5 Å². The van der Waals surface area contributed by atoms with Gasteiger partial charge in [0, 0.05) is 17.8 Å². The zero-order valence-electron chi connectivity index (χ0n) is 13.6. The molecule has 0 radical (unpaired) electrons. The van der Waals surface area contributed by atoms with Gasteiger partial charge in [0.15, 0.2) is 0 Å². The summed E-state index contributed by atoms with van der Waals surface area (Å²) >= 11 is 1.61. The molecule has 2 heterocycles. The van der Waals surface area contributed by atoms with Crippen molar-refractivity contribution in [2.75, 3.05) is 19.6 Å². The maximum atomic E-state index is 10.8. The van der Waals surface area contributed by atoms with E-state index in [0.717, 1.165) is 37.5 Å². The van der Waals surface area contributed by atoms with Gasteiger partial charge in [0.25, 0.3) is 0 Å². The Morgan fingerprint density at radius 1 is 1.29 bits per heavy atom. The highest BCUT2D eigenvalue weighted by Gasteiger charge is 2.22. The number of benzene rings is 1. The molecule has 0 unspecified atom stereocenters. The number of hydrogen-bond acceptors (Lipinski definition) is 4. The lowest BCUT2D eigenvalue weighted by molar-refractivity contribution is -0.136. The third kappa shape index (κ3) is 4.76. The van der Waals surface area contributed by atoms with Crippen molar-refractivity contribution in [3.05, 3.63) is 58.1 Å². The molecule has 0 atom stereocenters. The smallest absolute Gasteiger partial charge is 0.309 e. The molecule has 2 aromatic rings. The molecule has 5 heteroatoms. The molecule has 1 aliphatic rings. The Morgan fingerprint density at radius 2 is 2.04 bits per heavy atom. The second-order valence-electron chi connectivity index (χ2n) is 6.14. The topological polar surface area (TPSA) is 53.4 Å². The van der Waals surface area contributed by atoms with E-state index < -0.39 is 5.97 Å². The number of nitrogens with zero attached hydrogens (tertiary/aromatic N) is 2. The highest BCUT2D eigenvalue weighted by atomic mass is 32.1. The van der Waals surface area contributed by atoms with Gasteiger partial charge >= 0.3 is 5.97 Å². The van der Waals surface area contributed by atoms with Gasteiger partial charge in [0.1, 0.15) is 0 Å². The van der Waals surface area contributed by atoms with E-state index in [2.05, 4.69) is 46.3 Å². The number of carbonyl (C=O) groups is 1. The van der Waals surface area contributed by atoms with E-state index in [1.54, 1.807) is 11.3 Å². The lowest BCUT2D eigenvalue weighted by Crippen LogP contribution is -2.33. The monoisotopic (exact) mass is 342 g/mol. The predicted octanol–water partition coefficient (Wildman–Crippen LogP) is 3.66. The van der Waals surface area contributed by atoms with Crippen LogP contribution in [-0.4, -0.2) is 40.6 Å². The fraction of sp³-hybridized carbons (Fsp3) is 0.368. The van der Waals surface area contributed by atoms with E-state index in [9.17, 15) is 4.79 Å². The Kier molecular flexibility index (Phi) is 5.77. The van der Waals surface area contributed by atoms with E-state index in [0.29, 0.717) is 11.6 Å². The number of hydrogen-bond donors (Lipinski definition) is 1. The number of rotatable bonds is 6. The molecule has 4 nitrogen and oxygen atoms in total. The van der Waals surface area contributed by atoms with E-state index in [-0.39, 0.29) is 6.42 Å². The number of likely N-dealkylation sites (tertiary alicyclic amines) is 1. The Labute approximate surface area is 146 Å². The van der Waals surface area contributed by atoms with Crippen LogP contribution < -0.4 is 0 Å². The van der Waals surface area contributed by atoms with Crippen molar-refractivity contribution in [1.29, 1.82) is 0 Å². The lowest BCUT2D eigenvalue weighted by Gasteiger charge is -2.30. The average Bonchev–Trinajstić information content (AvgIpc) is 3.04. The number of thiazole rings is 1. The number of piperidine rings is 1. The first-order valence-electron chi connectivity index (χ1n) is 8.31. The first kappa shape index (κ1) is 16.9. The first-order chi connectivity index (χ1) is 11.7. The summed E-state index contributed by atoms with van der Waals surface area (Å²) in [6.45, 7) is 3.11. The van der Waals surface area contributed by atoms with Crippen LogP contribution in [0.25, 0.3) is 6.08 Å². The summed E-state index contributed by atoms with van der Waals surface area (Å²) in [5, 5.41) is 11.8. The molecule has 0 saturated carbocycles. The molecule has 1 aromatic heterocycles. The number of aliphatic carboxylic acids is 1. The molecule has 1 fully saturated rings. The van der Waals surface area contributed by atoms with E-state index in [4.69, 9.17) is 5.11 Å². The van der Waals surface area contributed by atoms with Gasteiger partial charge in [-0.25, -0.2) is 4.98 Å². The number of carboxylic acids is 1. The fourth-order valence-corrected chi connectivity index (χ4v) is 4.00. The fourth-order valence-electron chi connectivity index (χ4n) is 3.01. The minimum Gasteiger partial charge on any atom is -0.481 e. The Bertz CT molecular complexity index is 688. The van der Waals surface area contributed by atoms with Crippen molar-refractivity contribution < 1.29 is 9.90 Å². The molecule has 0 amide bonds. The van der Waals surface area contributed by atoms with Gasteiger partial charge in [0.2, 0.25) is 0 Å². The van der Waals surface area contributed by atoms with Gasteiger partial charge < -0.3 is 5.11 Å². The summed E-state index contributed by atoms with van der Waals surface area (Å²) in [5.74, 6) is -0.334. The van der Waals surface area contributed by atoms with Crippen LogP contribution in [0.2, 0.25) is 0 Å². The third-order valence-corrected chi connectivity index (χ3v) is 5.37. The quantitative estimate of drug-likeness (QED) is 0.870. The predicted molar refractivity (Wildman–Crippen MR) is 97.3 cm³/mol. The van der Waals surface area contributed by atoms with Gasteiger partial charge in [-0.2, -0.15) is 0 Å². The number of carboxylic acid groups (broad SMARTS) is 1. The van der Waals surface area contributed by atoms with Crippen LogP contribution in [0.5, 0.6) is 0 Å². The van der Waals surface area contributed by atoms with Gasteiger partial charge in [-0.05, 0) is 31.5 Å². The SMILES string of the molecule is O=C(O)Cc1csc(C2CCN(C/C=C/c3ccccc3)CC2)n1. The van der Waals surface area contributed by atoms with Crippen LogP contribution in [0.4, 0.5) is 0 Å². The van der Waals surface area contributed by atoms with Crippen LogP contribution in [0.15, 0.2) is 41.8 Å². The summed E-state index contributed by atoms with van der Waals surface area (Å²) in [6, 6.07) is 10.4. The highest BCUT2D eigenvalue weighted by molar-refractivity contribution is 7.09. The Hall–Kier alpha value is -1.98. The third-order valence-electron chi connectivity index (χ3n) is 4.31. The molecular weight excluding hydrogens is 320 g/mol. The molecule has 1 aromatic carbocycles. The maximum absolute atomic E-state index is 10.8. The second kappa shape index (κ2) is 8.22. The van der Waals surface area contributed by atoms with Crippen molar-refractivity contribution in [2.24, 2.45) is 0 Å². The van der Waals surface area contributed by atoms with Crippen molar-refractivity contribution in [1.82, 2.24) is 9.88 Å². The highest BCUT2D eigenvalue weighted by Crippen LogP contribution is 2.30. The molecule has 1 N–H and O–H groups in total. The van der Waals surface area contributed by atoms with Crippen LogP contribution >= 0.6 is 11.3 Å². The van der Waals surface area contributed by atoms with Gasteiger partial charge in [0.05, 0.1) is 17.1 Å². The van der Waals surface area contributed by atoms with Crippen LogP contribution in [-0.2, 0) is 11.2 Å². The van der Waals surface area contributed by atoms with Crippen molar-refractivity contribution in [3.63, 3.8) is 0 Å². The van der Waals surface area contributed by atoms with Crippen LogP contribution in [0.1, 0.15) is 35.0 Å². The summed E-state index contributed by atoms with van der Waals surface area (Å²) in [6.07, 6.45) is 6.62. The molecule has 1 saturated heterocycles. The standard InChI is InChI=1S/C19H22N2O2S/c22-18(23)13-17-14-24-19(20-17)16-8-11-21(12-9-16)10-4-7-15-5-2-1-3-6-15/h1-7,14,16H,8-13H2,(H,22,23)/b7-4+. The number of aromatic nitrogens is 1. The molecule has 0 aliphatic carbocycles. The Balaban J connectivity index is 1.46. The molecule has 126 valence electrons. The molecular formula is C19H22N2O2S. The summed E-state index contributed by atoms with van der Waals surface area (Å²) in [7, 11) is 0. The molecule has 1 aliphatic heterocycles. The van der Waals surface area contributed by atoms with Crippen molar-refractivity contribution >= 4 is 23.4 Å². The minimum atomic E-state index is -0.813. The van der Waals surface area contributed by atoms with Crippen molar-refractivity contribution in [2.45, 2.75) is 25.2 Å². The average molecular weight is 342 g/mol. The Morgan fingerprint density at radius 3 is 2.75 bits per heavy atom. The van der Waals surface area contributed by atoms with E-state index in [1.807, 2.05) is 11.4 Å². The zero-order valence-corrected chi connectivity index (χ0v) is 14.4. The zero-order chi connectivity index (χ0) is 16.8. The lowest BCUT2D eigenvalue weighted by atomic mass is 9.97. The minimum absolute atomic E-state index is 0.0274. The maximum Gasteiger partial charge on any atom is 0.309 e. The molecule has 3 rings (SSSR count). The van der Waals surface area contributed by atoms with Crippen molar-refractivity contribution in [3.8, 4) is 0 Å². The second-order valence-corrected chi connectivity index (χ2v) is 7.03. The van der Waals surface area contributed by atoms with Gasteiger partial charge in [-0.3, -0.25) is 9.69 Å². The first-order valence-corrected chi connectivity index (χ1v) is 9.19. The molecule has 0 spiro atoms. The van der Waals surface area contributed by atoms with Gasteiger partial charge in [-0.15, -0.1) is 11.3 Å². The largest absolute Gasteiger partial charge is 0.481 e. The van der Waals surface area contributed by atoms with E-state index in [1.165, 1.54) is 5.56 Å². The normalized spacial score (nSPS) is 16.7. The summed E-state index contributed by atoms with van der Waals surface area (Å²) in [5.41, 5.74) is 1.93. The van der Waals surface area contributed by atoms with E-state index >= 15 is 0 Å². The molecule has 24 heavy (non-hydrogen) atoms. The molecule has 0 bridgehead atoms. The summed E-state index contributed by atoms with van der Waals surface area (Å²) in [4.78, 5) is 17.7. The van der Waals surface area contributed by atoms with Crippen LogP contribution in [0.3, 0.4) is 0 Å². The van der Waals surface area contributed by atoms with Crippen LogP contribution in [0, 0.1) is 0 Å².